The van der Waals surface area contributed by atoms with Gasteiger partial charge in [-0.15, -0.1) is 0 Å². The third-order valence-electron chi connectivity index (χ3n) is 5.00. The first kappa shape index (κ1) is 27.7. The molecule has 0 spiro atoms. The number of nitrogens with zero attached hydrogens (tertiary/aromatic N) is 1. The van der Waals surface area contributed by atoms with E-state index in [0.717, 1.165) is 19.0 Å². The number of esters is 1. The SMILES string of the molecule is CCO[Si](CCCOC(=O)C(C)CN1CCC[Si]1(OCC)OCC)(OCC)OCC. The van der Waals surface area contributed by atoms with Gasteiger partial charge in [0.25, 0.3) is 0 Å². The second kappa shape index (κ2) is 14.7. The van der Waals surface area contributed by atoms with Crippen molar-refractivity contribution in [3.8, 4) is 0 Å². The van der Waals surface area contributed by atoms with Gasteiger partial charge in [-0.1, -0.05) is 6.92 Å². The highest BCUT2D eigenvalue weighted by atomic mass is 28.4. The predicted molar refractivity (Wildman–Crippen MR) is 120 cm³/mol. The zero-order chi connectivity index (χ0) is 22.5. The molecule has 0 aromatic heterocycles. The van der Waals surface area contributed by atoms with Gasteiger partial charge in [0.05, 0.1) is 12.5 Å². The molecule has 1 rings (SSSR count). The first-order valence-corrected chi connectivity index (χ1v) is 15.4. The standard InChI is InChI=1S/C20H43NO7Si2/c1-7-24-29(25-8-2)16-12-14-21(29)18-19(6)20(22)23-15-13-17-30(26-9-3,27-10-4)28-11-5/h19H,7-18H2,1-6H3. The van der Waals surface area contributed by atoms with Crippen LogP contribution >= 0.6 is 0 Å². The Bertz CT molecular complexity index is 461. The quantitative estimate of drug-likeness (QED) is 0.184. The summed E-state index contributed by atoms with van der Waals surface area (Å²) in [6.45, 7) is 16.5. The van der Waals surface area contributed by atoms with Crippen LogP contribution in [0.25, 0.3) is 0 Å². The van der Waals surface area contributed by atoms with Crippen LogP contribution in [0.5, 0.6) is 0 Å². The summed E-state index contributed by atoms with van der Waals surface area (Å²) in [5, 5.41) is 0. The van der Waals surface area contributed by atoms with Crippen molar-refractivity contribution < 1.29 is 31.7 Å². The molecule has 0 radical (unpaired) electrons. The molecule has 178 valence electrons. The van der Waals surface area contributed by atoms with Gasteiger partial charge in [-0.3, -0.25) is 9.36 Å². The van der Waals surface area contributed by atoms with Crippen LogP contribution in [0.4, 0.5) is 0 Å². The summed E-state index contributed by atoms with van der Waals surface area (Å²) in [7, 11) is -5.07. The van der Waals surface area contributed by atoms with Crippen molar-refractivity contribution in [2.45, 2.75) is 66.5 Å². The first-order chi connectivity index (χ1) is 14.4. The third-order valence-corrected chi connectivity index (χ3v) is 12.0. The molecule has 1 heterocycles. The van der Waals surface area contributed by atoms with E-state index in [1.807, 2.05) is 41.5 Å². The highest BCUT2D eigenvalue weighted by molar-refractivity contribution is 6.65. The molecule has 0 aliphatic carbocycles. The van der Waals surface area contributed by atoms with Crippen LogP contribution < -0.4 is 0 Å². The van der Waals surface area contributed by atoms with Gasteiger partial charge in [-0.05, 0) is 54.0 Å². The molecule has 1 aliphatic rings. The number of ether oxygens (including phenoxy) is 1. The van der Waals surface area contributed by atoms with Gasteiger partial charge < -0.3 is 26.9 Å². The normalized spacial score (nSPS) is 17.9. The Morgan fingerprint density at radius 1 is 0.967 bits per heavy atom. The lowest BCUT2D eigenvalue weighted by Crippen LogP contribution is -2.56. The fourth-order valence-electron chi connectivity index (χ4n) is 3.88. The van der Waals surface area contributed by atoms with Crippen LogP contribution in [0, 0.1) is 5.92 Å². The van der Waals surface area contributed by atoms with Crippen molar-refractivity contribution in [2.75, 3.05) is 52.7 Å². The smallest absolute Gasteiger partial charge is 0.465 e. The lowest BCUT2D eigenvalue weighted by molar-refractivity contribution is -0.148. The largest absolute Gasteiger partial charge is 0.501 e. The molecule has 0 aromatic carbocycles. The maximum Gasteiger partial charge on any atom is 0.501 e. The van der Waals surface area contributed by atoms with Gasteiger partial charge in [-0.25, -0.2) is 0 Å². The van der Waals surface area contributed by atoms with E-state index >= 15 is 0 Å². The van der Waals surface area contributed by atoms with Gasteiger partial charge in [0.2, 0.25) is 0 Å². The van der Waals surface area contributed by atoms with Crippen LogP contribution in [0.15, 0.2) is 0 Å². The third kappa shape index (κ3) is 8.31. The van der Waals surface area contributed by atoms with Crippen molar-refractivity contribution in [3.05, 3.63) is 0 Å². The molecule has 10 heteroatoms. The Kier molecular flexibility index (Phi) is 13.5. The molecule has 1 atom stereocenters. The Hall–Kier alpha value is -0.336. The number of carbonyl (C=O) groups excluding carboxylic acids is 1. The van der Waals surface area contributed by atoms with E-state index in [-0.39, 0.29) is 11.9 Å². The van der Waals surface area contributed by atoms with Crippen LogP contribution in [0.2, 0.25) is 12.1 Å². The van der Waals surface area contributed by atoms with Crippen LogP contribution in [-0.2, 0) is 31.7 Å². The van der Waals surface area contributed by atoms with Gasteiger partial charge in [0.15, 0.2) is 0 Å². The summed E-state index contributed by atoms with van der Waals surface area (Å²) in [5.74, 6) is -0.419. The summed E-state index contributed by atoms with van der Waals surface area (Å²) in [6, 6.07) is 1.59. The van der Waals surface area contributed by atoms with Gasteiger partial charge in [0, 0.05) is 51.7 Å². The highest BCUT2D eigenvalue weighted by Crippen LogP contribution is 2.29. The first-order valence-electron chi connectivity index (χ1n) is 11.5. The van der Waals surface area contributed by atoms with Gasteiger partial charge in [0.1, 0.15) is 0 Å². The fraction of sp³-hybridized carbons (Fsp3) is 0.950. The summed E-state index contributed by atoms with van der Waals surface area (Å²) in [5.41, 5.74) is 0. The average Bonchev–Trinajstić information content (AvgIpc) is 3.08. The molecule has 0 amide bonds. The van der Waals surface area contributed by atoms with E-state index in [1.165, 1.54) is 0 Å². The zero-order valence-electron chi connectivity index (χ0n) is 19.9. The van der Waals surface area contributed by atoms with Crippen molar-refractivity contribution in [2.24, 2.45) is 5.92 Å². The number of hydrogen-bond acceptors (Lipinski definition) is 8. The van der Waals surface area contributed by atoms with Crippen molar-refractivity contribution in [1.82, 2.24) is 4.57 Å². The molecule has 1 unspecified atom stereocenters. The topological polar surface area (TPSA) is 75.7 Å². The molecule has 1 saturated heterocycles. The van der Waals surface area contributed by atoms with Gasteiger partial charge in [-0.2, -0.15) is 0 Å². The molecule has 0 aromatic rings. The maximum atomic E-state index is 12.6. The summed E-state index contributed by atoms with van der Waals surface area (Å²) >= 11 is 0. The van der Waals surface area contributed by atoms with Crippen molar-refractivity contribution in [1.29, 1.82) is 0 Å². The molecular weight excluding hydrogens is 422 g/mol. The Morgan fingerprint density at radius 2 is 1.53 bits per heavy atom. The van der Waals surface area contributed by atoms with Crippen LogP contribution in [-0.4, -0.2) is 80.8 Å². The Morgan fingerprint density at radius 3 is 2.03 bits per heavy atom. The van der Waals surface area contributed by atoms with E-state index in [1.54, 1.807) is 0 Å². The molecule has 30 heavy (non-hydrogen) atoms. The summed E-state index contributed by atoms with van der Waals surface area (Å²) < 4.78 is 37.5. The minimum absolute atomic E-state index is 0.186. The lowest BCUT2D eigenvalue weighted by Gasteiger charge is -2.35. The number of carbonyl (C=O) groups is 1. The van der Waals surface area contributed by atoms with E-state index in [4.69, 9.17) is 26.9 Å². The highest BCUT2D eigenvalue weighted by Gasteiger charge is 2.49. The van der Waals surface area contributed by atoms with Crippen molar-refractivity contribution in [3.63, 3.8) is 0 Å². The van der Waals surface area contributed by atoms with Crippen LogP contribution in [0.3, 0.4) is 0 Å². The molecule has 0 bridgehead atoms. The molecule has 1 aliphatic heterocycles. The second-order valence-electron chi connectivity index (χ2n) is 7.28. The Balaban J connectivity index is 2.52. The maximum absolute atomic E-state index is 12.6. The van der Waals surface area contributed by atoms with E-state index in [0.29, 0.717) is 58.7 Å². The molecule has 1 fully saturated rings. The lowest BCUT2D eigenvalue weighted by atomic mass is 10.2. The summed E-state index contributed by atoms with van der Waals surface area (Å²) in [4.78, 5) is 12.6. The molecule has 8 nitrogen and oxygen atoms in total. The van der Waals surface area contributed by atoms with E-state index in [2.05, 4.69) is 4.57 Å². The zero-order valence-corrected chi connectivity index (χ0v) is 21.9. The average molecular weight is 466 g/mol. The monoisotopic (exact) mass is 465 g/mol. The number of hydrogen-bond donors (Lipinski definition) is 0. The predicted octanol–water partition coefficient (Wildman–Crippen LogP) is 3.32. The Labute approximate surface area is 185 Å². The molecule has 0 saturated carbocycles. The van der Waals surface area contributed by atoms with E-state index in [9.17, 15) is 4.79 Å². The summed E-state index contributed by atoms with van der Waals surface area (Å²) in [6.07, 6.45) is 1.71. The van der Waals surface area contributed by atoms with Crippen LogP contribution in [0.1, 0.15) is 54.4 Å². The molecular formula is C20H43NO7Si2. The van der Waals surface area contributed by atoms with E-state index < -0.39 is 17.5 Å². The second-order valence-corrected chi connectivity index (χ2v) is 13.1. The van der Waals surface area contributed by atoms with Crippen molar-refractivity contribution >= 4 is 23.5 Å². The minimum atomic E-state index is -2.69. The molecule has 0 N–H and O–H groups in total. The van der Waals surface area contributed by atoms with Gasteiger partial charge >= 0.3 is 23.5 Å². The fourth-order valence-corrected chi connectivity index (χ4v) is 10.1. The number of rotatable bonds is 17. The minimum Gasteiger partial charge on any atom is -0.465 e.